The lowest BCUT2D eigenvalue weighted by Crippen LogP contribution is -2.30. The van der Waals surface area contributed by atoms with Gasteiger partial charge in [0.05, 0.1) is 17.4 Å². The molecule has 0 saturated heterocycles. The molecule has 0 atom stereocenters. The maximum absolute atomic E-state index is 13.0. The summed E-state index contributed by atoms with van der Waals surface area (Å²) in [6.45, 7) is 3.39. The highest BCUT2D eigenvalue weighted by Crippen LogP contribution is 2.35. The van der Waals surface area contributed by atoms with Gasteiger partial charge >= 0.3 is 0 Å². The van der Waals surface area contributed by atoms with Crippen LogP contribution in [0.1, 0.15) is 22.8 Å². The Morgan fingerprint density at radius 2 is 1.86 bits per heavy atom. The van der Waals surface area contributed by atoms with Crippen LogP contribution >= 0.6 is 0 Å². The van der Waals surface area contributed by atoms with E-state index in [1.165, 1.54) is 0 Å². The summed E-state index contributed by atoms with van der Waals surface area (Å²) in [6, 6.07) is 17.4. The molecule has 0 saturated carbocycles. The van der Waals surface area contributed by atoms with E-state index in [2.05, 4.69) is 10.3 Å². The van der Waals surface area contributed by atoms with Gasteiger partial charge in [-0.25, -0.2) is 0 Å². The van der Waals surface area contributed by atoms with Gasteiger partial charge < -0.3 is 19.7 Å². The van der Waals surface area contributed by atoms with Crippen LogP contribution in [0, 0.1) is 0 Å². The van der Waals surface area contributed by atoms with Crippen LogP contribution < -0.4 is 14.8 Å². The molecule has 3 aromatic rings. The van der Waals surface area contributed by atoms with Crippen molar-refractivity contribution in [3.8, 4) is 11.5 Å². The summed E-state index contributed by atoms with van der Waals surface area (Å²) in [4.78, 5) is 19.0. The predicted octanol–water partition coefficient (Wildman–Crippen LogP) is 4.22. The van der Waals surface area contributed by atoms with Crippen molar-refractivity contribution >= 4 is 17.3 Å². The summed E-state index contributed by atoms with van der Waals surface area (Å²) in [7, 11) is 0. The van der Waals surface area contributed by atoms with Crippen LogP contribution in [0.4, 0.5) is 11.4 Å². The molecule has 1 amide bonds. The zero-order chi connectivity index (χ0) is 19.3. The topological polar surface area (TPSA) is 63.7 Å². The Labute approximate surface area is 163 Å². The minimum Gasteiger partial charge on any atom is -0.454 e. The van der Waals surface area contributed by atoms with Crippen LogP contribution in [0.3, 0.4) is 0 Å². The summed E-state index contributed by atoms with van der Waals surface area (Å²) in [5.41, 5.74) is 3.22. The average molecular weight is 375 g/mol. The number of rotatable bonds is 6. The number of nitrogens with zero attached hydrogens (tertiary/aromatic N) is 2. The summed E-state index contributed by atoms with van der Waals surface area (Å²) in [5, 5.41) is 3.27. The minimum atomic E-state index is -0.0480. The van der Waals surface area contributed by atoms with Gasteiger partial charge in [0.1, 0.15) is 0 Å². The highest BCUT2D eigenvalue weighted by molar-refractivity contribution is 5.95. The van der Waals surface area contributed by atoms with E-state index in [1.807, 2.05) is 61.5 Å². The van der Waals surface area contributed by atoms with E-state index < -0.39 is 0 Å². The molecular weight excluding hydrogens is 354 g/mol. The molecular formula is C22H21N3O3. The van der Waals surface area contributed by atoms with Crippen LogP contribution in [0.25, 0.3) is 0 Å². The first kappa shape index (κ1) is 17.9. The van der Waals surface area contributed by atoms with Crippen molar-refractivity contribution in [3.05, 3.63) is 78.1 Å². The fourth-order valence-corrected chi connectivity index (χ4v) is 3.08. The van der Waals surface area contributed by atoms with Crippen LogP contribution in [0.15, 0.2) is 67.0 Å². The molecule has 1 aliphatic rings. The van der Waals surface area contributed by atoms with Crippen molar-refractivity contribution in [2.24, 2.45) is 0 Å². The van der Waals surface area contributed by atoms with E-state index in [9.17, 15) is 4.79 Å². The number of amides is 1. The fraction of sp³-hybridized carbons (Fsp3) is 0.182. The van der Waals surface area contributed by atoms with Gasteiger partial charge in [-0.15, -0.1) is 0 Å². The Kier molecular flexibility index (Phi) is 5.10. The summed E-state index contributed by atoms with van der Waals surface area (Å²) in [5.74, 6) is 1.38. The number of hydrogen-bond donors (Lipinski definition) is 1. The Morgan fingerprint density at radius 1 is 1.04 bits per heavy atom. The van der Waals surface area contributed by atoms with Gasteiger partial charge in [0.15, 0.2) is 11.5 Å². The molecule has 2 heterocycles. The third kappa shape index (κ3) is 3.91. The second-order valence-electron chi connectivity index (χ2n) is 6.46. The number of carbonyl (C=O) groups excluding carboxylic acids is 1. The van der Waals surface area contributed by atoms with Gasteiger partial charge in [-0.3, -0.25) is 9.78 Å². The maximum Gasteiger partial charge on any atom is 0.255 e. The van der Waals surface area contributed by atoms with Gasteiger partial charge in [0, 0.05) is 31.0 Å². The first-order valence-electron chi connectivity index (χ1n) is 9.18. The standard InChI is InChI=1S/C22H21N3O3/c1-2-25(14-16-6-4-3-5-7-16)22(26)17-10-19(13-23-12-17)24-18-8-9-20-21(11-18)28-15-27-20/h3-13,24H,2,14-15H2,1H3. The molecule has 2 aromatic carbocycles. The summed E-state index contributed by atoms with van der Waals surface area (Å²) < 4.78 is 10.7. The van der Waals surface area contributed by atoms with E-state index in [0.717, 1.165) is 22.7 Å². The maximum atomic E-state index is 13.0. The Bertz CT molecular complexity index is 976. The number of pyridine rings is 1. The normalized spacial score (nSPS) is 11.9. The Morgan fingerprint density at radius 3 is 2.68 bits per heavy atom. The molecule has 0 fully saturated rings. The van der Waals surface area contributed by atoms with Crippen molar-refractivity contribution in [2.45, 2.75) is 13.5 Å². The highest BCUT2D eigenvalue weighted by Gasteiger charge is 2.16. The molecule has 28 heavy (non-hydrogen) atoms. The van der Waals surface area contributed by atoms with Gasteiger partial charge in [-0.1, -0.05) is 30.3 Å². The zero-order valence-electron chi connectivity index (χ0n) is 15.6. The predicted molar refractivity (Wildman–Crippen MR) is 107 cm³/mol. The molecule has 0 aliphatic carbocycles. The lowest BCUT2D eigenvalue weighted by Gasteiger charge is -2.21. The number of carbonyl (C=O) groups is 1. The molecule has 4 rings (SSSR count). The van der Waals surface area contributed by atoms with Gasteiger partial charge in [-0.05, 0) is 30.7 Å². The smallest absolute Gasteiger partial charge is 0.255 e. The van der Waals surface area contributed by atoms with Crippen molar-refractivity contribution in [3.63, 3.8) is 0 Å². The summed E-state index contributed by atoms with van der Waals surface area (Å²) in [6.07, 6.45) is 3.29. The second kappa shape index (κ2) is 8.00. The molecule has 0 bridgehead atoms. The van der Waals surface area contributed by atoms with Crippen molar-refractivity contribution < 1.29 is 14.3 Å². The van der Waals surface area contributed by atoms with Crippen LogP contribution in [-0.4, -0.2) is 29.1 Å². The van der Waals surface area contributed by atoms with Crippen LogP contribution in [0.5, 0.6) is 11.5 Å². The number of fused-ring (bicyclic) bond motifs is 1. The van der Waals surface area contributed by atoms with E-state index in [1.54, 1.807) is 17.3 Å². The number of hydrogen-bond acceptors (Lipinski definition) is 5. The molecule has 1 aliphatic heterocycles. The van der Waals surface area contributed by atoms with E-state index in [4.69, 9.17) is 9.47 Å². The lowest BCUT2D eigenvalue weighted by atomic mass is 10.1. The largest absolute Gasteiger partial charge is 0.454 e. The van der Waals surface area contributed by atoms with Gasteiger partial charge in [-0.2, -0.15) is 0 Å². The number of nitrogens with one attached hydrogen (secondary N) is 1. The molecule has 6 heteroatoms. The summed E-state index contributed by atoms with van der Waals surface area (Å²) >= 11 is 0. The monoisotopic (exact) mass is 375 g/mol. The van der Waals surface area contributed by atoms with Gasteiger partial charge in [0.25, 0.3) is 5.91 Å². The van der Waals surface area contributed by atoms with E-state index in [-0.39, 0.29) is 12.7 Å². The highest BCUT2D eigenvalue weighted by atomic mass is 16.7. The third-order valence-corrected chi connectivity index (χ3v) is 4.53. The first-order chi connectivity index (χ1) is 13.7. The fourth-order valence-electron chi connectivity index (χ4n) is 3.08. The molecule has 1 aromatic heterocycles. The van der Waals surface area contributed by atoms with E-state index >= 15 is 0 Å². The molecule has 1 N–H and O–H groups in total. The molecule has 0 spiro atoms. The number of aromatic nitrogens is 1. The van der Waals surface area contributed by atoms with Crippen LogP contribution in [0.2, 0.25) is 0 Å². The first-order valence-corrected chi connectivity index (χ1v) is 9.18. The number of benzene rings is 2. The lowest BCUT2D eigenvalue weighted by molar-refractivity contribution is 0.0752. The second-order valence-corrected chi connectivity index (χ2v) is 6.46. The quantitative estimate of drug-likeness (QED) is 0.699. The van der Waals surface area contributed by atoms with Crippen molar-refractivity contribution in [1.29, 1.82) is 0 Å². The van der Waals surface area contributed by atoms with E-state index in [0.29, 0.717) is 24.4 Å². The minimum absolute atomic E-state index is 0.0480. The Hall–Kier alpha value is -3.54. The number of ether oxygens (including phenoxy) is 2. The number of anilines is 2. The van der Waals surface area contributed by atoms with Crippen molar-refractivity contribution in [1.82, 2.24) is 9.88 Å². The molecule has 0 unspecified atom stereocenters. The van der Waals surface area contributed by atoms with Crippen molar-refractivity contribution in [2.75, 3.05) is 18.7 Å². The SMILES string of the molecule is CCN(Cc1ccccc1)C(=O)c1cncc(Nc2ccc3c(c2)OCO3)c1. The van der Waals surface area contributed by atoms with Crippen LogP contribution in [-0.2, 0) is 6.54 Å². The third-order valence-electron chi connectivity index (χ3n) is 4.53. The Balaban J connectivity index is 1.50. The zero-order valence-corrected chi connectivity index (χ0v) is 15.6. The average Bonchev–Trinajstić information content (AvgIpc) is 3.20. The molecule has 142 valence electrons. The molecule has 6 nitrogen and oxygen atoms in total. The van der Waals surface area contributed by atoms with Gasteiger partial charge in [0.2, 0.25) is 6.79 Å². The molecule has 0 radical (unpaired) electrons.